The number of aliphatic hydroxyl groups excluding tert-OH is 1. The summed E-state index contributed by atoms with van der Waals surface area (Å²) < 4.78 is 13.7. The van der Waals surface area contributed by atoms with Crippen LogP contribution in [0.1, 0.15) is 30.4 Å². The van der Waals surface area contributed by atoms with E-state index in [1.807, 2.05) is 36.1 Å². The van der Waals surface area contributed by atoms with E-state index in [9.17, 15) is 14.3 Å². The van der Waals surface area contributed by atoms with Crippen molar-refractivity contribution in [1.29, 1.82) is 0 Å². The van der Waals surface area contributed by atoms with Crippen molar-refractivity contribution in [2.75, 3.05) is 26.2 Å². The second-order valence-electron chi connectivity index (χ2n) is 8.09. The predicted molar refractivity (Wildman–Crippen MR) is 110 cm³/mol. The van der Waals surface area contributed by atoms with Crippen molar-refractivity contribution in [2.45, 2.75) is 37.4 Å². The molecule has 2 N–H and O–H groups in total. The first-order chi connectivity index (χ1) is 14.1. The van der Waals surface area contributed by atoms with Gasteiger partial charge >= 0.3 is 6.03 Å². The van der Waals surface area contributed by atoms with Gasteiger partial charge in [0.25, 0.3) is 0 Å². The summed E-state index contributed by atoms with van der Waals surface area (Å²) in [5.41, 5.74) is 1.82. The minimum atomic E-state index is -0.258. The van der Waals surface area contributed by atoms with Gasteiger partial charge in [-0.05, 0) is 29.7 Å². The Morgan fingerprint density at radius 1 is 1.21 bits per heavy atom. The van der Waals surface area contributed by atoms with E-state index in [4.69, 9.17) is 0 Å². The van der Waals surface area contributed by atoms with Gasteiger partial charge in [-0.3, -0.25) is 4.90 Å². The van der Waals surface area contributed by atoms with Crippen molar-refractivity contribution in [3.8, 4) is 0 Å². The van der Waals surface area contributed by atoms with E-state index in [1.54, 1.807) is 12.1 Å². The number of rotatable bonds is 6. The van der Waals surface area contributed by atoms with Crippen LogP contribution in [0.5, 0.6) is 0 Å². The Hall–Kier alpha value is -2.44. The maximum absolute atomic E-state index is 13.7. The zero-order valence-electron chi connectivity index (χ0n) is 16.7. The van der Waals surface area contributed by atoms with Gasteiger partial charge in [0.05, 0.1) is 12.1 Å². The second-order valence-corrected chi connectivity index (χ2v) is 8.09. The number of likely N-dealkylation sites (tertiary alicyclic amines) is 2. The monoisotopic (exact) mass is 397 g/mol. The van der Waals surface area contributed by atoms with Crippen LogP contribution in [0, 0.1) is 5.82 Å². The first-order valence-corrected chi connectivity index (χ1v) is 10.3. The average Bonchev–Trinajstić information content (AvgIpc) is 2.69. The third-order valence-corrected chi connectivity index (χ3v) is 6.27. The van der Waals surface area contributed by atoms with E-state index in [-0.39, 0.29) is 36.0 Å². The molecule has 2 amide bonds. The number of amides is 2. The Labute approximate surface area is 171 Å². The number of benzene rings is 2. The Kier molecular flexibility index (Phi) is 5.56. The summed E-state index contributed by atoms with van der Waals surface area (Å²) in [6.07, 6.45) is 0.898. The third kappa shape index (κ3) is 3.51. The van der Waals surface area contributed by atoms with Crippen LogP contribution in [0.3, 0.4) is 0 Å². The molecule has 0 aromatic heterocycles. The minimum Gasteiger partial charge on any atom is -0.395 e. The van der Waals surface area contributed by atoms with E-state index < -0.39 is 0 Å². The highest BCUT2D eigenvalue weighted by Crippen LogP contribution is 2.54. The van der Waals surface area contributed by atoms with Gasteiger partial charge in [-0.15, -0.1) is 0 Å². The molecule has 0 unspecified atom stereocenters. The quantitative estimate of drug-likeness (QED) is 0.788. The van der Waals surface area contributed by atoms with Gasteiger partial charge in [0.2, 0.25) is 0 Å². The SMILES string of the molecule is CCCNC(=O)N1CC2(C1)[C@H](c1ccccc1)[C@H](CO)N2Cc1cccc(F)c1. The lowest BCUT2D eigenvalue weighted by molar-refractivity contribution is -0.183. The molecule has 2 fully saturated rings. The smallest absolute Gasteiger partial charge is 0.317 e. The lowest BCUT2D eigenvalue weighted by atomic mass is 9.60. The summed E-state index contributed by atoms with van der Waals surface area (Å²) >= 11 is 0. The highest BCUT2D eigenvalue weighted by molar-refractivity contribution is 5.76. The maximum Gasteiger partial charge on any atom is 0.317 e. The molecule has 0 saturated carbocycles. The molecule has 0 radical (unpaired) electrons. The van der Waals surface area contributed by atoms with Gasteiger partial charge in [0.1, 0.15) is 5.82 Å². The first-order valence-electron chi connectivity index (χ1n) is 10.3. The molecular formula is C23H28FN3O2. The molecule has 154 valence electrons. The molecule has 29 heavy (non-hydrogen) atoms. The number of hydrogen-bond acceptors (Lipinski definition) is 3. The third-order valence-electron chi connectivity index (χ3n) is 6.27. The zero-order chi connectivity index (χ0) is 20.4. The fraction of sp³-hybridized carbons (Fsp3) is 0.435. The molecule has 2 heterocycles. The normalized spacial score (nSPS) is 22.8. The number of urea groups is 1. The summed E-state index contributed by atoms with van der Waals surface area (Å²) in [6, 6.07) is 16.7. The molecule has 0 aliphatic carbocycles. The number of halogens is 1. The Balaban J connectivity index is 1.59. The standard InChI is InChI=1S/C23H28FN3O2/c1-2-11-25-22(29)26-15-23(16-26)21(18-8-4-3-5-9-18)20(14-28)27(23)13-17-7-6-10-19(24)12-17/h3-10,12,20-21,28H,2,11,13-16H2,1H3,(H,25,29)/t20-,21+/m0/s1. The van der Waals surface area contributed by atoms with E-state index in [0.717, 1.165) is 12.0 Å². The number of aliphatic hydroxyl groups is 1. The number of hydrogen-bond donors (Lipinski definition) is 2. The number of carbonyl (C=O) groups is 1. The molecule has 2 aromatic carbocycles. The van der Waals surface area contributed by atoms with E-state index in [2.05, 4.69) is 22.3 Å². The van der Waals surface area contributed by atoms with Crippen molar-refractivity contribution in [3.63, 3.8) is 0 Å². The summed E-state index contributed by atoms with van der Waals surface area (Å²) in [5, 5.41) is 13.1. The Bertz CT molecular complexity index is 854. The van der Waals surface area contributed by atoms with E-state index >= 15 is 0 Å². The van der Waals surface area contributed by atoms with Crippen LogP contribution >= 0.6 is 0 Å². The van der Waals surface area contributed by atoms with Gasteiger partial charge in [-0.25, -0.2) is 9.18 Å². The number of nitrogens with one attached hydrogen (secondary N) is 1. The number of carbonyl (C=O) groups excluding carboxylic acids is 1. The maximum atomic E-state index is 13.7. The highest BCUT2D eigenvalue weighted by Gasteiger charge is 2.66. The van der Waals surface area contributed by atoms with Crippen LogP contribution in [0.2, 0.25) is 0 Å². The first kappa shape index (κ1) is 19.9. The van der Waals surface area contributed by atoms with E-state index in [1.165, 1.54) is 11.6 Å². The van der Waals surface area contributed by atoms with E-state index in [0.29, 0.717) is 26.2 Å². The fourth-order valence-electron chi connectivity index (χ4n) is 4.95. The van der Waals surface area contributed by atoms with Crippen molar-refractivity contribution in [2.24, 2.45) is 0 Å². The molecule has 6 heteroatoms. The van der Waals surface area contributed by atoms with Crippen LogP contribution < -0.4 is 5.32 Å². The largest absolute Gasteiger partial charge is 0.395 e. The molecule has 0 bridgehead atoms. The van der Waals surface area contributed by atoms with Gasteiger partial charge in [-0.2, -0.15) is 0 Å². The predicted octanol–water partition coefficient (Wildman–Crippen LogP) is 2.96. The van der Waals surface area contributed by atoms with Crippen molar-refractivity contribution in [3.05, 3.63) is 71.5 Å². The van der Waals surface area contributed by atoms with Gasteiger partial charge in [0, 0.05) is 38.1 Å². The molecule has 1 spiro atoms. The van der Waals surface area contributed by atoms with Crippen LogP contribution in [-0.4, -0.2) is 58.8 Å². The summed E-state index contributed by atoms with van der Waals surface area (Å²) in [7, 11) is 0. The van der Waals surface area contributed by atoms with Crippen LogP contribution in [0.25, 0.3) is 0 Å². The molecule has 2 atom stereocenters. The van der Waals surface area contributed by atoms with Crippen LogP contribution in [0.4, 0.5) is 9.18 Å². The minimum absolute atomic E-state index is 0.0264. The Morgan fingerprint density at radius 2 is 1.97 bits per heavy atom. The van der Waals surface area contributed by atoms with Crippen molar-refractivity contribution >= 4 is 6.03 Å². The van der Waals surface area contributed by atoms with Gasteiger partial charge in [0.15, 0.2) is 0 Å². The summed E-state index contributed by atoms with van der Waals surface area (Å²) in [6.45, 7) is 4.48. The molecule has 5 nitrogen and oxygen atoms in total. The summed E-state index contributed by atoms with van der Waals surface area (Å²) in [5.74, 6) is -0.121. The lowest BCUT2D eigenvalue weighted by Gasteiger charge is -2.70. The van der Waals surface area contributed by atoms with Crippen LogP contribution in [-0.2, 0) is 6.54 Å². The molecule has 2 aromatic rings. The molecule has 4 rings (SSSR count). The van der Waals surface area contributed by atoms with Crippen molar-refractivity contribution in [1.82, 2.24) is 15.1 Å². The fourth-order valence-corrected chi connectivity index (χ4v) is 4.95. The second kappa shape index (κ2) is 8.13. The number of nitrogens with zero attached hydrogens (tertiary/aromatic N) is 2. The molecular weight excluding hydrogens is 369 g/mol. The molecule has 2 aliphatic heterocycles. The lowest BCUT2D eigenvalue weighted by Crippen LogP contribution is -2.85. The highest BCUT2D eigenvalue weighted by atomic mass is 19.1. The van der Waals surface area contributed by atoms with Gasteiger partial charge in [-0.1, -0.05) is 49.4 Å². The topological polar surface area (TPSA) is 55.8 Å². The molecule has 2 saturated heterocycles. The molecule has 2 aliphatic rings. The average molecular weight is 397 g/mol. The Morgan fingerprint density at radius 3 is 2.62 bits per heavy atom. The summed E-state index contributed by atoms with van der Waals surface area (Å²) in [4.78, 5) is 16.5. The van der Waals surface area contributed by atoms with Crippen LogP contribution in [0.15, 0.2) is 54.6 Å². The van der Waals surface area contributed by atoms with Crippen molar-refractivity contribution < 1.29 is 14.3 Å². The zero-order valence-corrected chi connectivity index (χ0v) is 16.7. The van der Waals surface area contributed by atoms with Gasteiger partial charge < -0.3 is 15.3 Å².